The highest BCUT2D eigenvalue weighted by Crippen LogP contribution is 2.22. The van der Waals surface area contributed by atoms with Gasteiger partial charge in [0.15, 0.2) is 0 Å². The van der Waals surface area contributed by atoms with Crippen molar-refractivity contribution in [2.24, 2.45) is 5.73 Å². The van der Waals surface area contributed by atoms with Crippen LogP contribution in [-0.4, -0.2) is 40.0 Å². The van der Waals surface area contributed by atoms with Crippen LogP contribution in [-0.2, 0) is 4.74 Å². The fourth-order valence-corrected chi connectivity index (χ4v) is 2.08. The van der Waals surface area contributed by atoms with Crippen molar-refractivity contribution in [1.29, 1.82) is 0 Å². The van der Waals surface area contributed by atoms with E-state index in [1.54, 1.807) is 14.2 Å². The molecular weight excluding hydrogens is 240 g/mol. The first-order chi connectivity index (χ1) is 9.22. The molecule has 0 aliphatic rings. The Balaban J connectivity index is 2.75. The second-order valence-electron chi connectivity index (χ2n) is 4.66. The van der Waals surface area contributed by atoms with Crippen molar-refractivity contribution in [3.63, 3.8) is 0 Å². The minimum absolute atomic E-state index is 0.430. The molecule has 0 aliphatic carbocycles. The highest BCUT2D eigenvalue weighted by molar-refractivity contribution is 5.49. The van der Waals surface area contributed by atoms with Gasteiger partial charge in [-0.25, -0.2) is 0 Å². The van der Waals surface area contributed by atoms with Gasteiger partial charge in [-0.05, 0) is 50.6 Å². The molecule has 1 unspecified atom stereocenters. The van der Waals surface area contributed by atoms with E-state index < -0.39 is 0 Å². The molecule has 1 aromatic carbocycles. The predicted molar refractivity (Wildman–Crippen MR) is 80.0 cm³/mol. The Kier molecular flexibility index (Phi) is 7.30. The summed E-state index contributed by atoms with van der Waals surface area (Å²) in [6, 6.07) is 8.61. The van der Waals surface area contributed by atoms with Crippen LogP contribution < -0.4 is 15.4 Å². The molecule has 0 bridgehead atoms. The third kappa shape index (κ3) is 5.09. The summed E-state index contributed by atoms with van der Waals surface area (Å²) in [5.74, 6) is 0.882. The molecule has 0 aromatic heterocycles. The number of hydrogen-bond acceptors (Lipinski definition) is 4. The van der Waals surface area contributed by atoms with Gasteiger partial charge in [0.05, 0.1) is 7.11 Å². The molecule has 1 atom stereocenters. The van der Waals surface area contributed by atoms with Gasteiger partial charge in [0.1, 0.15) is 5.75 Å². The first-order valence-electron chi connectivity index (χ1n) is 6.82. The normalized spacial score (nSPS) is 12.2. The average molecular weight is 266 g/mol. The summed E-state index contributed by atoms with van der Waals surface area (Å²) in [5, 5.41) is 0. The summed E-state index contributed by atoms with van der Waals surface area (Å²) in [5.41, 5.74) is 6.84. The van der Waals surface area contributed by atoms with Crippen molar-refractivity contribution in [2.45, 2.75) is 25.8 Å². The fraction of sp³-hybridized carbons (Fsp3) is 0.600. The Labute approximate surface area is 116 Å². The summed E-state index contributed by atoms with van der Waals surface area (Å²) in [7, 11) is 3.42. The lowest BCUT2D eigenvalue weighted by Gasteiger charge is -2.31. The van der Waals surface area contributed by atoms with Gasteiger partial charge in [-0.3, -0.25) is 0 Å². The Hall–Kier alpha value is -1.26. The molecular formula is C15H26N2O2. The van der Waals surface area contributed by atoms with Crippen LogP contribution in [0.2, 0.25) is 0 Å². The number of ether oxygens (including phenoxy) is 2. The Morgan fingerprint density at radius 2 is 1.89 bits per heavy atom. The molecule has 1 rings (SSSR count). The molecule has 1 aromatic rings. The number of benzene rings is 1. The zero-order chi connectivity index (χ0) is 14.1. The minimum atomic E-state index is 0.430. The number of methoxy groups -OCH3 is 2. The van der Waals surface area contributed by atoms with Gasteiger partial charge in [-0.15, -0.1) is 0 Å². The van der Waals surface area contributed by atoms with Gasteiger partial charge in [-0.2, -0.15) is 0 Å². The molecule has 0 saturated carbocycles. The van der Waals surface area contributed by atoms with Gasteiger partial charge < -0.3 is 20.1 Å². The van der Waals surface area contributed by atoms with Crippen LogP contribution in [0.15, 0.2) is 24.3 Å². The van der Waals surface area contributed by atoms with Crippen molar-refractivity contribution < 1.29 is 9.47 Å². The number of anilines is 1. The molecule has 0 amide bonds. The zero-order valence-electron chi connectivity index (χ0n) is 12.3. The lowest BCUT2D eigenvalue weighted by molar-refractivity contribution is 0.188. The molecule has 4 heteroatoms. The van der Waals surface area contributed by atoms with Crippen LogP contribution in [0, 0.1) is 0 Å². The van der Waals surface area contributed by atoms with E-state index in [1.165, 1.54) is 5.69 Å². The monoisotopic (exact) mass is 266 g/mol. The van der Waals surface area contributed by atoms with Crippen molar-refractivity contribution >= 4 is 5.69 Å². The topological polar surface area (TPSA) is 47.7 Å². The third-order valence-corrected chi connectivity index (χ3v) is 3.28. The fourth-order valence-electron chi connectivity index (χ4n) is 2.08. The van der Waals surface area contributed by atoms with Crippen LogP contribution >= 0.6 is 0 Å². The van der Waals surface area contributed by atoms with Crippen molar-refractivity contribution in [3.05, 3.63) is 24.3 Å². The number of rotatable bonds is 9. The number of nitrogens with two attached hydrogens (primary N) is 1. The quantitative estimate of drug-likeness (QED) is 0.745. The standard InChI is InChI=1S/C15H26N2O2/c1-13(9-12-18-2)17(11-4-10-16)14-5-7-15(19-3)8-6-14/h5-8,13H,4,9-12,16H2,1-3H3. The Morgan fingerprint density at radius 3 is 2.42 bits per heavy atom. The van der Waals surface area contributed by atoms with Gasteiger partial charge in [0.25, 0.3) is 0 Å². The van der Waals surface area contributed by atoms with Crippen LogP contribution in [0.1, 0.15) is 19.8 Å². The number of nitrogens with zero attached hydrogens (tertiary/aromatic N) is 1. The zero-order valence-corrected chi connectivity index (χ0v) is 12.3. The minimum Gasteiger partial charge on any atom is -0.497 e. The molecule has 19 heavy (non-hydrogen) atoms. The molecule has 0 saturated heterocycles. The van der Waals surface area contributed by atoms with Crippen LogP contribution in [0.4, 0.5) is 5.69 Å². The summed E-state index contributed by atoms with van der Waals surface area (Å²) < 4.78 is 10.4. The van der Waals surface area contributed by atoms with E-state index in [0.29, 0.717) is 12.6 Å². The molecule has 4 nitrogen and oxygen atoms in total. The maximum absolute atomic E-state index is 5.63. The second-order valence-corrected chi connectivity index (χ2v) is 4.66. The van der Waals surface area contributed by atoms with E-state index >= 15 is 0 Å². The molecule has 0 aliphatic heterocycles. The summed E-state index contributed by atoms with van der Waals surface area (Å²) in [4.78, 5) is 2.38. The van der Waals surface area contributed by atoms with Gasteiger partial charge >= 0.3 is 0 Å². The summed E-state index contributed by atoms with van der Waals surface area (Å²) >= 11 is 0. The van der Waals surface area contributed by atoms with E-state index in [1.807, 2.05) is 12.1 Å². The van der Waals surface area contributed by atoms with E-state index in [-0.39, 0.29) is 0 Å². The van der Waals surface area contributed by atoms with Gasteiger partial charge in [0, 0.05) is 32.0 Å². The second kappa shape index (κ2) is 8.77. The maximum atomic E-state index is 5.63. The average Bonchev–Trinajstić information content (AvgIpc) is 2.46. The van der Waals surface area contributed by atoms with E-state index in [2.05, 4.69) is 24.0 Å². The maximum Gasteiger partial charge on any atom is 0.119 e. The van der Waals surface area contributed by atoms with Crippen LogP contribution in [0.3, 0.4) is 0 Å². The largest absolute Gasteiger partial charge is 0.497 e. The van der Waals surface area contributed by atoms with E-state index in [9.17, 15) is 0 Å². The summed E-state index contributed by atoms with van der Waals surface area (Å²) in [6.45, 7) is 4.67. The summed E-state index contributed by atoms with van der Waals surface area (Å²) in [6.07, 6.45) is 2.00. The molecule has 108 valence electrons. The molecule has 0 radical (unpaired) electrons. The predicted octanol–water partition coefficient (Wildman–Crippen LogP) is 2.28. The smallest absolute Gasteiger partial charge is 0.119 e. The molecule has 0 fully saturated rings. The third-order valence-electron chi connectivity index (χ3n) is 3.28. The first kappa shape index (κ1) is 15.8. The lowest BCUT2D eigenvalue weighted by Crippen LogP contribution is -2.35. The van der Waals surface area contributed by atoms with E-state index in [4.69, 9.17) is 15.2 Å². The van der Waals surface area contributed by atoms with Crippen molar-refractivity contribution in [2.75, 3.05) is 38.8 Å². The van der Waals surface area contributed by atoms with Crippen molar-refractivity contribution in [1.82, 2.24) is 0 Å². The van der Waals surface area contributed by atoms with E-state index in [0.717, 1.165) is 31.7 Å². The Bertz CT molecular complexity index is 341. The van der Waals surface area contributed by atoms with Crippen molar-refractivity contribution in [3.8, 4) is 5.75 Å². The lowest BCUT2D eigenvalue weighted by atomic mass is 10.1. The van der Waals surface area contributed by atoms with Crippen LogP contribution in [0.5, 0.6) is 5.75 Å². The molecule has 0 spiro atoms. The van der Waals surface area contributed by atoms with Gasteiger partial charge in [0.2, 0.25) is 0 Å². The molecule has 2 N–H and O–H groups in total. The SMILES string of the molecule is COCCC(C)N(CCCN)c1ccc(OC)cc1. The first-order valence-corrected chi connectivity index (χ1v) is 6.82. The molecule has 0 heterocycles. The van der Waals surface area contributed by atoms with Gasteiger partial charge in [-0.1, -0.05) is 0 Å². The Morgan fingerprint density at radius 1 is 1.21 bits per heavy atom. The number of hydrogen-bond donors (Lipinski definition) is 1. The van der Waals surface area contributed by atoms with Crippen LogP contribution in [0.25, 0.3) is 0 Å². The highest BCUT2D eigenvalue weighted by Gasteiger charge is 2.14. The highest BCUT2D eigenvalue weighted by atomic mass is 16.5.